The molecular formula is C27H41NO7S. The van der Waals surface area contributed by atoms with E-state index in [0.717, 1.165) is 11.3 Å². The van der Waals surface area contributed by atoms with Gasteiger partial charge in [-0.1, -0.05) is 57.7 Å². The molecule has 8 atom stereocenters. The summed E-state index contributed by atoms with van der Waals surface area (Å²) >= 11 is 1.54. The van der Waals surface area contributed by atoms with E-state index < -0.39 is 41.2 Å². The van der Waals surface area contributed by atoms with E-state index >= 15 is 0 Å². The maximum atomic E-state index is 13.2. The topological polar surface area (TPSA) is 118 Å². The molecule has 0 saturated carbocycles. The van der Waals surface area contributed by atoms with Crippen LogP contribution in [0.4, 0.5) is 0 Å². The number of aliphatic hydroxyl groups is 2. The Labute approximate surface area is 218 Å². The molecule has 1 saturated heterocycles. The van der Waals surface area contributed by atoms with Crippen LogP contribution in [0.5, 0.6) is 0 Å². The number of nitrogens with zero attached hydrogens (tertiary/aromatic N) is 1. The van der Waals surface area contributed by atoms with Crippen LogP contribution in [0.3, 0.4) is 0 Å². The van der Waals surface area contributed by atoms with E-state index in [1.165, 1.54) is 11.8 Å². The zero-order valence-corrected chi connectivity index (χ0v) is 23.2. The summed E-state index contributed by atoms with van der Waals surface area (Å²) in [5.74, 6) is -1.09. The molecule has 8 nitrogen and oxygen atoms in total. The lowest BCUT2D eigenvalue weighted by Gasteiger charge is -2.34. The quantitative estimate of drug-likeness (QED) is 0.321. The summed E-state index contributed by atoms with van der Waals surface area (Å²) in [5.41, 5.74) is -0.763. The molecule has 0 amide bonds. The molecule has 0 aliphatic carbocycles. The van der Waals surface area contributed by atoms with Crippen molar-refractivity contribution in [3.8, 4) is 0 Å². The Hall–Kier alpha value is -1.68. The number of esters is 1. The molecule has 2 N–H and O–H groups in total. The lowest BCUT2D eigenvalue weighted by atomic mass is 9.73. The van der Waals surface area contributed by atoms with Crippen molar-refractivity contribution in [3.05, 3.63) is 23.8 Å². The lowest BCUT2D eigenvalue weighted by molar-refractivity contribution is -0.154. The number of ketones is 1. The number of cyclic esters (lactones) is 1. The van der Waals surface area contributed by atoms with Crippen molar-refractivity contribution >= 4 is 28.7 Å². The number of hydrogen-bond acceptors (Lipinski definition) is 9. The SMILES string of the molecule is COC1=NC(/C=C(\C)[C@@H]2CC3OC3(C)C/C=C/[C@H](C)[C@H](O)[C@@H](C)C(=O)C(C)(C)[C@@H](O)CC(=O)O2)CS1. The number of rotatable bonds is 2. The van der Waals surface area contributed by atoms with Crippen LogP contribution >= 0.6 is 11.8 Å². The average Bonchev–Trinajstić information content (AvgIpc) is 3.23. The highest BCUT2D eigenvalue weighted by atomic mass is 32.2. The fraction of sp³-hybridized carbons (Fsp3) is 0.741. The van der Waals surface area contributed by atoms with Gasteiger partial charge in [0.25, 0.3) is 0 Å². The molecule has 0 radical (unpaired) electrons. The summed E-state index contributed by atoms with van der Waals surface area (Å²) in [7, 11) is 1.59. The van der Waals surface area contributed by atoms with Gasteiger partial charge in [-0.2, -0.15) is 0 Å². The summed E-state index contributed by atoms with van der Waals surface area (Å²) in [4.78, 5) is 30.7. The van der Waals surface area contributed by atoms with Crippen LogP contribution in [0, 0.1) is 17.3 Å². The van der Waals surface area contributed by atoms with Crippen molar-refractivity contribution in [2.45, 2.75) is 96.9 Å². The largest absolute Gasteiger partial charge is 0.476 e. The number of aliphatic imine (C=N–C) groups is 1. The molecule has 36 heavy (non-hydrogen) atoms. The molecule has 3 heterocycles. The maximum Gasteiger partial charge on any atom is 0.309 e. The summed E-state index contributed by atoms with van der Waals surface area (Å²) < 4.78 is 17.1. The van der Waals surface area contributed by atoms with E-state index in [1.54, 1.807) is 27.9 Å². The van der Waals surface area contributed by atoms with Gasteiger partial charge in [0.05, 0.1) is 48.9 Å². The summed E-state index contributed by atoms with van der Waals surface area (Å²) in [6.07, 6.45) is 3.88. The Balaban J connectivity index is 1.86. The van der Waals surface area contributed by atoms with Crippen molar-refractivity contribution in [2.75, 3.05) is 12.9 Å². The van der Waals surface area contributed by atoms with Crippen LogP contribution in [0.1, 0.15) is 60.8 Å². The number of fused-ring (bicyclic) bond motifs is 1. The van der Waals surface area contributed by atoms with Crippen molar-refractivity contribution in [1.82, 2.24) is 0 Å². The molecule has 1 fully saturated rings. The van der Waals surface area contributed by atoms with E-state index in [9.17, 15) is 19.8 Å². The summed E-state index contributed by atoms with van der Waals surface area (Å²) in [6, 6.07) is -0.0741. The number of Topliss-reactive ketones (excluding diaryl/α,β-unsaturated/α-hetero) is 1. The van der Waals surface area contributed by atoms with Crippen LogP contribution < -0.4 is 0 Å². The van der Waals surface area contributed by atoms with Crippen LogP contribution in [0.25, 0.3) is 0 Å². The number of ether oxygens (including phenoxy) is 3. The molecular weight excluding hydrogens is 482 g/mol. The Bertz CT molecular complexity index is 929. The molecule has 0 aromatic carbocycles. The third-order valence-corrected chi connectivity index (χ3v) is 8.81. The number of aliphatic hydroxyl groups excluding tert-OH is 2. The Morgan fingerprint density at radius 1 is 1.25 bits per heavy atom. The number of carbonyl (C=O) groups is 2. The predicted molar refractivity (Wildman–Crippen MR) is 140 cm³/mol. The maximum absolute atomic E-state index is 13.2. The predicted octanol–water partition coefficient (Wildman–Crippen LogP) is 3.45. The fourth-order valence-corrected chi connectivity index (χ4v) is 5.69. The van der Waals surface area contributed by atoms with Gasteiger partial charge in [-0.15, -0.1) is 0 Å². The molecule has 3 aliphatic rings. The first-order valence-corrected chi connectivity index (χ1v) is 13.6. The van der Waals surface area contributed by atoms with Crippen LogP contribution in [0.2, 0.25) is 0 Å². The molecule has 3 unspecified atom stereocenters. The van der Waals surface area contributed by atoms with Gasteiger partial charge in [-0.3, -0.25) is 9.59 Å². The van der Waals surface area contributed by atoms with E-state index in [2.05, 4.69) is 4.99 Å². The average molecular weight is 524 g/mol. The molecule has 0 spiro atoms. The highest BCUT2D eigenvalue weighted by Crippen LogP contribution is 2.44. The van der Waals surface area contributed by atoms with Gasteiger partial charge in [0.1, 0.15) is 11.9 Å². The van der Waals surface area contributed by atoms with Gasteiger partial charge >= 0.3 is 5.97 Å². The van der Waals surface area contributed by atoms with Gasteiger partial charge in [0.15, 0.2) is 0 Å². The second kappa shape index (κ2) is 11.4. The summed E-state index contributed by atoms with van der Waals surface area (Å²) in [5, 5.41) is 22.3. The third kappa shape index (κ3) is 6.60. The van der Waals surface area contributed by atoms with Gasteiger partial charge in [0.2, 0.25) is 5.23 Å². The fourth-order valence-electron chi connectivity index (χ4n) is 4.88. The number of methoxy groups -OCH3 is 1. The van der Waals surface area contributed by atoms with E-state index in [0.29, 0.717) is 18.1 Å². The van der Waals surface area contributed by atoms with Crippen molar-refractivity contribution in [3.63, 3.8) is 0 Å². The number of carbonyl (C=O) groups excluding carboxylic acids is 2. The van der Waals surface area contributed by atoms with Crippen molar-refractivity contribution in [2.24, 2.45) is 22.2 Å². The van der Waals surface area contributed by atoms with E-state index in [-0.39, 0.29) is 30.3 Å². The number of thioether (sulfide) groups is 1. The number of hydrogen-bond donors (Lipinski definition) is 2. The second-order valence-electron chi connectivity index (χ2n) is 11.1. The monoisotopic (exact) mass is 523 g/mol. The molecule has 3 rings (SSSR count). The van der Waals surface area contributed by atoms with E-state index in [4.69, 9.17) is 14.2 Å². The molecule has 0 aromatic rings. The lowest BCUT2D eigenvalue weighted by Crippen LogP contribution is -2.45. The standard InChI is InChI=1S/C27H41NO7S/c1-15-9-8-10-27(6)21(35-27)12-19(16(2)11-18-14-36-25(28-18)33-7)34-22(30)13-20(29)26(4,5)24(32)17(3)23(15)31/h8-9,11,15,17-21,23,29,31H,10,12-14H2,1-7H3/b9-8+,16-11+/t15-,17+,18?,19-,20-,21?,23-,27?/m0/s1. The van der Waals surface area contributed by atoms with Crippen LogP contribution in [0.15, 0.2) is 28.8 Å². The summed E-state index contributed by atoms with van der Waals surface area (Å²) in [6.45, 7) is 10.7. The molecule has 3 aliphatic heterocycles. The van der Waals surface area contributed by atoms with Gasteiger partial charge in [0, 0.05) is 24.0 Å². The van der Waals surface area contributed by atoms with Gasteiger partial charge in [-0.05, 0) is 25.8 Å². The Morgan fingerprint density at radius 2 is 1.94 bits per heavy atom. The first kappa shape index (κ1) is 28.9. The van der Waals surface area contributed by atoms with Gasteiger partial charge in [-0.25, -0.2) is 4.99 Å². The highest BCUT2D eigenvalue weighted by molar-refractivity contribution is 8.13. The minimum Gasteiger partial charge on any atom is -0.476 e. The Morgan fingerprint density at radius 3 is 2.58 bits per heavy atom. The zero-order chi connectivity index (χ0) is 26.8. The Kier molecular flexibility index (Phi) is 9.13. The molecule has 202 valence electrons. The highest BCUT2D eigenvalue weighted by Gasteiger charge is 2.52. The molecule has 9 heteroatoms. The minimum absolute atomic E-state index is 0.0741. The normalized spacial score (nSPS) is 41.2. The zero-order valence-electron chi connectivity index (χ0n) is 22.4. The van der Waals surface area contributed by atoms with E-state index in [1.807, 2.05) is 39.0 Å². The van der Waals surface area contributed by atoms with Gasteiger partial charge < -0.3 is 24.4 Å². The first-order valence-electron chi connectivity index (χ1n) is 12.7. The molecule has 0 aromatic heterocycles. The van der Waals surface area contributed by atoms with Crippen LogP contribution in [-0.2, 0) is 23.8 Å². The smallest absolute Gasteiger partial charge is 0.309 e. The first-order chi connectivity index (χ1) is 16.8. The molecule has 0 bridgehead atoms. The minimum atomic E-state index is -1.25. The van der Waals surface area contributed by atoms with Crippen molar-refractivity contribution in [1.29, 1.82) is 0 Å². The third-order valence-electron chi connectivity index (χ3n) is 7.78. The number of epoxide rings is 1. The van der Waals surface area contributed by atoms with Crippen molar-refractivity contribution < 1.29 is 34.0 Å². The second-order valence-corrected chi connectivity index (χ2v) is 12.1. The van der Waals surface area contributed by atoms with Crippen LogP contribution in [-0.4, -0.2) is 76.1 Å².